The average molecular weight is 469 g/mol. The molecule has 8 nitrogen and oxygen atoms in total. The number of pyridine rings is 1. The Morgan fingerprint density at radius 3 is 2.79 bits per heavy atom. The van der Waals surface area contributed by atoms with Crippen LogP contribution < -0.4 is 16.6 Å². The van der Waals surface area contributed by atoms with E-state index in [2.05, 4.69) is 10.3 Å². The third-order valence-corrected chi connectivity index (χ3v) is 6.82. The molecule has 33 heavy (non-hydrogen) atoms. The van der Waals surface area contributed by atoms with Gasteiger partial charge in [0.2, 0.25) is 5.91 Å². The van der Waals surface area contributed by atoms with Crippen LogP contribution in [0.25, 0.3) is 20.4 Å². The van der Waals surface area contributed by atoms with Crippen molar-refractivity contribution in [2.24, 2.45) is 0 Å². The number of hydrogen-bond donors (Lipinski definition) is 1. The van der Waals surface area contributed by atoms with Crippen LogP contribution in [0.5, 0.6) is 0 Å². The minimum absolute atomic E-state index is 0.145. The number of nitrogens with one attached hydrogen (secondary N) is 1. The van der Waals surface area contributed by atoms with E-state index >= 15 is 0 Å². The van der Waals surface area contributed by atoms with Crippen molar-refractivity contribution in [2.75, 3.05) is 6.61 Å². The molecule has 0 spiro atoms. The summed E-state index contributed by atoms with van der Waals surface area (Å²) in [5.74, 6) is -0.751. The van der Waals surface area contributed by atoms with E-state index in [4.69, 9.17) is 4.74 Å². The lowest BCUT2D eigenvalue weighted by Gasteiger charge is -2.15. The van der Waals surface area contributed by atoms with Gasteiger partial charge in [0.05, 0.1) is 18.2 Å². The van der Waals surface area contributed by atoms with Crippen LogP contribution in [0.3, 0.4) is 0 Å². The van der Waals surface area contributed by atoms with Crippen LogP contribution in [0.2, 0.25) is 0 Å². The van der Waals surface area contributed by atoms with Crippen molar-refractivity contribution in [2.45, 2.75) is 38.6 Å². The molecular formula is C23H21FN4O4S. The van der Waals surface area contributed by atoms with Gasteiger partial charge in [-0.3, -0.25) is 18.7 Å². The van der Waals surface area contributed by atoms with Crippen LogP contribution in [0.15, 0.2) is 52.2 Å². The molecule has 0 bridgehead atoms. The van der Waals surface area contributed by atoms with E-state index in [0.717, 1.165) is 18.4 Å². The van der Waals surface area contributed by atoms with E-state index in [-0.39, 0.29) is 31.6 Å². The molecule has 1 atom stereocenters. The SMILES string of the molecule is O=C(Cn1c(=O)n(C[C@H]2CCCO2)c(=O)c2sc3ncccc3c21)NCc1ccc(F)cc1. The number of halogens is 1. The van der Waals surface area contributed by atoms with E-state index < -0.39 is 17.2 Å². The van der Waals surface area contributed by atoms with Gasteiger partial charge in [-0.25, -0.2) is 14.2 Å². The summed E-state index contributed by atoms with van der Waals surface area (Å²) < 4.78 is 21.6. The summed E-state index contributed by atoms with van der Waals surface area (Å²) in [6.45, 7) is 0.683. The highest BCUT2D eigenvalue weighted by Crippen LogP contribution is 2.29. The highest BCUT2D eigenvalue weighted by molar-refractivity contribution is 7.25. The first-order valence-electron chi connectivity index (χ1n) is 10.6. The lowest BCUT2D eigenvalue weighted by atomic mass is 10.2. The Morgan fingerprint density at radius 1 is 1.21 bits per heavy atom. The summed E-state index contributed by atoms with van der Waals surface area (Å²) in [6.07, 6.45) is 3.08. The lowest BCUT2D eigenvalue weighted by molar-refractivity contribution is -0.121. The van der Waals surface area contributed by atoms with Gasteiger partial charge in [-0.15, -0.1) is 11.3 Å². The predicted octanol–water partition coefficient (Wildman–Crippen LogP) is 2.41. The zero-order valence-corrected chi connectivity index (χ0v) is 18.4. The molecule has 0 saturated carbocycles. The van der Waals surface area contributed by atoms with Gasteiger partial charge in [-0.05, 0) is 42.7 Å². The number of amides is 1. The molecular weight excluding hydrogens is 447 g/mol. The highest BCUT2D eigenvalue weighted by atomic mass is 32.1. The van der Waals surface area contributed by atoms with E-state index in [1.165, 1.54) is 32.6 Å². The molecule has 1 saturated heterocycles. The number of hydrogen-bond acceptors (Lipinski definition) is 6. The van der Waals surface area contributed by atoms with Gasteiger partial charge in [0.25, 0.3) is 5.56 Å². The van der Waals surface area contributed by atoms with Crippen LogP contribution >= 0.6 is 11.3 Å². The first-order chi connectivity index (χ1) is 16.0. The smallest absolute Gasteiger partial charge is 0.332 e. The maximum atomic E-state index is 13.4. The summed E-state index contributed by atoms with van der Waals surface area (Å²) in [4.78, 5) is 44.4. The summed E-state index contributed by atoms with van der Waals surface area (Å²) in [6, 6.07) is 9.33. The van der Waals surface area contributed by atoms with E-state index in [0.29, 0.717) is 27.0 Å². The fourth-order valence-electron chi connectivity index (χ4n) is 4.09. The standard InChI is InChI=1S/C23H21FN4O4S/c24-15-7-5-14(6-8-15)11-26-18(29)13-27-19-17-4-1-9-25-21(17)33-20(19)22(30)28(23(27)31)12-16-3-2-10-32-16/h1,4-9,16H,2-3,10-13H2,(H,26,29)/t16-/m1/s1. The van der Waals surface area contributed by atoms with Crippen molar-refractivity contribution in [1.29, 1.82) is 0 Å². The van der Waals surface area contributed by atoms with Crippen molar-refractivity contribution >= 4 is 37.7 Å². The molecule has 4 aromatic rings. The molecule has 0 unspecified atom stereocenters. The van der Waals surface area contributed by atoms with E-state index in [1.54, 1.807) is 30.5 Å². The number of benzene rings is 1. The second-order valence-corrected chi connectivity index (χ2v) is 8.96. The Bertz CT molecular complexity index is 1450. The molecule has 10 heteroatoms. The van der Waals surface area contributed by atoms with Gasteiger partial charge in [0.15, 0.2) is 0 Å². The normalized spacial score (nSPS) is 16.0. The minimum Gasteiger partial charge on any atom is -0.376 e. The largest absolute Gasteiger partial charge is 0.376 e. The Morgan fingerprint density at radius 2 is 2.03 bits per heavy atom. The number of aromatic nitrogens is 3. The minimum atomic E-state index is -0.552. The van der Waals surface area contributed by atoms with Gasteiger partial charge in [0.1, 0.15) is 21.9 Å². The number of ether oxygens (including phenoxy) is 1. The van der Waals surface area contributed by atoms with Crippen LogP contribution in [-0.2, 0) is 29.2 Å². The van der Waals surface area contributed by atoms with Crippen LogP contribution in [0.1, 0.15) is 18.4 Å². The monoisotopic (exact) mass is 468 g/mol. The Labute approximate surface area is 191 Å². The zero-order chi connectivity index (χ0) is 22.9. The third-order valence-electron chi connectivity index (χ3n) is 5.73. The first-order valence-corrected chi connectivity index (χ1v) is 11.5. The van der Waals surface area contributed by atoms with Crippen molar-refractivity contribution in [3.05, 3.63) is 74.8 Å². The molecule has 4 heterocycles. The van der Waals surface area contributed by atoms with Gasteiger partial charge in [-0.1, -0.05) is 12.1 Å². The van der Waals surface area contributed by atoms with Crippen LogP contribution in [-0.4, -0.2) is 32.7 Å². The van der Waals surface area contributed by atoms with Crippen molar-refractivity contribution in [3.63, 3.8) is 0 Å². The molecule has 0 aliphatic carbocycles. The quantitative estimate of drug-likeness (QED) is 0.469. The molecule has 0 radical (unpaired) electrons. The second kappa shape index (κ2) is 8.87. The van der Waals surface area contributed by atoms with Crippen LogP contribution in [0, 0.1) is 5.82 Å². The van der Waals surface area contributed by atoms with Gasteiger partial charge >= 0.3 is 5.69 Å². The lowest BCUT2D eigenvalue weighted by Crippen LogP contribution is -2.44. The Hall–Kier alpha value is -3.37. The fourth-order valence-corrected chi connectivity index (χ4v) is 5.18. The topological polar surface area (TPSA) is 95.2 Å². The average Bonchev–Trinajstić information content (AvgIpc) is 3.47. The molecule has 1 aliphatic heterocycles. The van der Waals surface area contributed by atoms with Crippen molar-refractivity contribution < 1.29 is 13.9 Å². The zero-order valence-electron chi connectivity index (χ0n) is 17.6. The number of nitrogens with zero attached hydrogens (tertiary/aromatic N) is 3. The summed E-state index contributed by atoms with van der Waals surface area (Å²) in [5, 5.41) is 3.42. The maximum absolute atomic E-state index is 13.4. The molecule has 1 aromatic carbocycles. The molecule has 1 fully saturated rings. The van der Waals surface area contributed by atoms with Crippen LogP contribution in [0.4, 0.5) is 4.39 Å². The highest BCUT2D eigenvalue weighted by Gasteiger charge is 2.23. The predicted molar refractivity (Wildman–Crippen MR) is 123 cm³/mol. The van der Waals surface area contributed by atoms with Crippen molar-refractivity contribution in [3.8, 4) is 0 Å². The molecule has 5 rings (SSSR count). The Balaban J connectivity index is 1.53. The van der Waals surface area contributed by atoms with Gasteiger partial charge < -0.3 is 10.1 Å². The molecule has 3 aromatic heterocycles. The summed E-state index contributed by atoms with van der Waals surface area (Å²) >= 11 is 1.21. The number of carbonyl (C=O) groups is 1. The summed E-state index contributed by atoms with van der Waals surface area (Å²) in [5.41, 5.74) is 0.203. The molecule has 170 valence electrons. The van der Waals surface area contributed by atoms with Crippen molar-refractivity contribution in [1.82, 2.24) is 19.4 Å². The second-order valence-electron chi connectivity index (χ2n) is 7.96. The van der Waals surface area contributed by atoms with Gasteiger partial charge in [-0.2, -0.15) is 0 Å². The molecule has 1 aliphatic rings. The van der Waals surface area contributed by atoms with Gasteiger partial charge in [0, 0.05) is 24.7 Å². The summed E-state index contributed by atoms with van der Waals surface area (Å²) in [7, 11) is 0. The number of fused-ring (bicyclic) bond motifs is 3. The number of carbonyl (C=O) groups excluding carboxylic acids is 1. The van der Waals surface area contributed by atoms with E-state index in [9.17, 15) is 18.8 Å². The Kier molecular flexibility index (Phi) is 5.77. The van der Waals surface area contributed by atoms with E-state index in [1.807, 2.05) is 0 Å². The maximum Gasteiger partial charge on any atom is 0.332 e. The third kappa shape index (κ3) is 4.19. The number of rotatable bonds is 6. The fraction of sp³-hybridized carbons (Fsp3) is 0.304. The first kappa shape index (κ1) is 21.5. The number of thiophene rings is 1. The molecule has 1 amide bonds. The molecule has 1 N–H and O–H groups in total.